The summed E-state index contributed by atoms with van der Waals surface area (Å²) in [6.45, 7) is 4.04. The predicted molar refractivity (Wildman–Crippen MR) is 91.8 cm³/mol. The number of carbonyl (C=O) groups is 1. The summed E-state index contributed by atoms with van der Waals surface area (Å²) in [6, 6.07) is 10.1. The second-order valence-electron chi connectivity index (χ2n) is 6.78. The van der Waals surface area contributed by atoms with Crippen molar-refractivity contribution in [2.24, 2.45) is 5.92 Å². The maximum absolute atomic E-state index is 12.6. The van der Waals surface area contributed by atoms with E-state index in [0.717, 1.165) is 12.1 Å². The Morgan fingerprint density at radius 2 is 2.12 bits per heavy atom. The van der Waals surface area contributed by atoms with Crippen LogP contribution in [0.15, 0.2) is 30.3 Å². The molecule has 6 nitrogen and oxygen atoms in total. The van der Waals surface area contributed by atoms with Gasteiger partial charge in [0.25, 0.3) is 0 Å². The molecule has 0 spiro atoms. The number of urea groups is 1. The molecule has 0 saturated carbocycles. The van der Waals surface area contributed by atoms with Gasteiger partial charge in [0, 0.05) is 25.6 Å². The Kier molecular flexibility index (Phi) is 5.71. The van der Waals surface area contributed by atoms with Crippen LogP contribution in [-0.4, -0.2) is 75.0 Å². The van der Waals surface area contributed by atoms with E-state index in [2.05, 4.69) is 10.2 Å². The quantitative estimate of drug-likeness (QED) is 0.849. The molecule has 2 fully saturated rings. The third kappa shape index (κ3) is 4.06. The Bertz CT molecular complexity index is 538. The summed E-state index contributed by atoms with van der Waals surface area (Å²) in [5.74, 6) is 0.287. The third-order valence-electron chi connectivity index (χ3n) is 4.77. The maximum atomic E-state index is 12.6. The largest absolute Gasteiger partial charge is 0.379 e. The Balaban J connectivity index is 1.54. The lowest BCUT2D eigenvalue weighted by Crippen LogP contribution is -2.44. The van der Waals surface area contributed by atoms with Crippen molar-refractivity contribution in [2.45, 2.75) is 18.7 Å². The van der Waals surface area contributed by atoms with Gasteiger partial charge < -0.3 is 24.6 Å². The van der Waals surface area contributed by atoms with Crippen molar-refractivity contribution in [3.63, 3.8) is 0 Å². The van der Waals surface area contributed by atoms with Gasteiger partial charge in [-0.3, -0.25) is 0 Å². The molecule has 0 radical (unpaired) electrons. The van der Waals surface area contributed by atoms with Crippen LogP contribution in [0.1, 0.15) is 5.56 Å². The molecule has 132 valence electrons. The zero-order valence-corrected chi connectivity index (χ0v) is 14.5. The molecule has 1 aromatic rings. The normalized spacial score (nSPS) is 26.0. The van der Waals surface area contributed by atoms with Gasteiger partial charge in [-0.15, -0.1) is 0 Å². The molecular weight excluding hydrogens is 306 g/mol. The number of hydrogen-bond acceptors (Lipinski definition) is 4. The number of amides is 2. The van der Waals surface area contributed by atoms with Crippen LogP contribution in [0, 0.1) is 5.92 Å². The molecule has 2 saturated heterocycles. The minimum Gasteiger partial charge on any atom is -0.379 e. The van der Waals surface area contributed by atoms with Gasteiger partial charge in [-0.2, -0.15) is 0 Å². The van der Waals surface area contributed by atoms with Crippen molar-refractivity contribution in [1.82, 2.24) is 15.1 Å². The summed E-state index contributed by atoms with van der Waals surface area (Å²) >= 11 is 0. The summed E-state index contributed by atoms with van der Waals surface area (Å²) < 4.78 is 11.6. The first-order valence-corrected chi connectivity index (χ1v) is 8.57. The van der Waals surface area contributed by atoms with Gasteiger partial charge >= 0.3 is 6.03 Å². The van der Waals surface area contributed by atoms with Crippen LogP contribution in [-0.2, 0) is 16.0 Å². The molecule has 0 unspecified atom stereocenters. The van der Waals surface area contributed by atoms with E-state index in [4.69, 9.17) is 9.47 Å². The van der Waals surface area contributed by atoms with Gasteiger partial charge in [0.2, 0.25) is 0 Å². The fraction of sp³-hybridized carbons (Fsp3) is 0.611. The average molecular weight is 333 g/mol. The number of likely N-dealkylation sites (tertiary alicyclic amines) is 1. The first kappa shape index (κ1) is 17.2. The van der Waals surface area contributed by atoms with Gasteiger partial charge in [0.1, 0.15) is 0 Å². The second kappa shape index (κ2) is 7.96. The van der Waals surface area contributed by atoms with Crippen LogP contribution in [0.25, 0.3) is 0 Å². The van der Waals surface area contributed by atoms with Crippen LogP contribution in [0.4, 0.5) is 4.79 Å². The monoisotopic (exact) mass is 333 g/mol. The Hall–Kier alpha value is -1.63. The number of hydrogen-bond donors (Lipinski definition) is 1. The van der Waals surface area contributed by atoms with Crippen molar-refractivity contribution >= 4 is 6.03 Å². The first-order chi connectivity index (χ1) is 11.6. The molecule has 2 heterocycles. The molecule has 1 N–H and O–H groups in total. The van der Waals surface area contributed by atoms with Crippen LogP contribution in [0.3, 0.4) is 0 Å². The van der Waals surface area contributed by atoms with E-state index in [-0.39, 0.29) is 24.1 Å². The lowest BCUT2D eigenvalue weighted by Gasteiger charge is -2.23. The van der Waals surface area contributed by atoms with Gasteiger partial charge in [-0.25, -0.2) is 4.79 Å². The summed E-state index contributed by atoms with van der Waals surface area (Å²) in [5, 5.41) is 3.02. The van der Waals surface area contributed by atoms with E-state index < -0.39 is 0 Å². The smallest absolute Gasteiger partial charge is 0.318 e. The van der Waals surface area contributed by atoms with E-state index in [9.17, 15) is 4.79 Å². The molecule has 0 aromatic heterocycles. The summed E-state index contributed by atoms with van der Waals surface area (Å²) in [4.78, 5) is 16.6. The Labute approximate surface area is 143 Å². The number of nitrogens with one attached hydrogen (secondary N) is 1. The van der Waals surface area contributed by atoms with E-state index in [1.54, 1.807) is 0 Å². The minimum atomic E-state index is -0.0296. The summed E-state index contributed by atoms with van der Waals surface area (Å²) in [6.07, 6.45) is 0.0694. The topological polar surface area (TPSA) is 54.0 Å². The Morgan fingerprint density at radius 3 is 2.88 bits per heavy atom. The molecule has 2 amide bonds. The van der Waals surface area contributed by atoms with Gasteiger partial charge in [-0.05, 0) is 19.7 Å². The van der Waals surface area contributed by atoms with Crippen molar-refractivity contribution in [1.29, 1.82) is 0 Å². The minimum absolute atomic E-state index is 0.0296. The number of rotatable bonds is 6. The van der Waals surface area contributed by atoms with Crippen LogP contribution in [0.2, 0.25) is 0 Å². The van der Waals surface area contributed by atoms with E-state index in [1.807, 2.05) is 49.3 Å². The second-order valence-corrected chi connectivity index (χ2v) is 6.78. The Morgan fingerprint density at radius 1 is 1.33 bits per heavy atom. The number of benzene rings is 1. The van der Waals surface area contributed by atoms with Crippen molar-refractivity contribution in [2.75, 3.05) is 47.0 Å². The number of likely N-dealkylation sites (N-methyl/N-ethyl adjacent to an activating group) is 1. The zero-order chi connectivity index (χ0) is 16.9. The first-order valence-electron chi connectivity index (χ1n) is 8.57. The van der Waals surface area contributed by atoms with Crippen molar-refractivity contribution < 1.29 is 14.3 Å². The highest BCUT2D eigenvalue weighted by molar-refractivity contribution is 5.75. The van der Waals surface area contributed by atoms with Crippen LogP contribution < -0.4 is 5.32 Å². The highest BCUT2D eigenvalue weighted by Gasteiger charge is 2.47. The fourth-order valence-corrected chi connectivity index (χ4v) is 3.37. The van der Waals surface area contributed by atoms with Crippen molar-refractivity contribution in [3.8, 4) is 0 Å². The highest BCUT2D eigenvalue weighted by atomic mass is 16.5. The predicted octanol–water partition coefficient (Wildman–Crippen LogP) is 1.17. The molecule has 3 atom stereocenters. The van der Waals surface area contributed by atoms with Gasteiger partial charge in [0.05, 0.1) is 32.0 Å². The number of fused-ring (bicyclic) bond motifs is 1. The lowest BCUT2D eigenvalue weighted by atomic mass is 10.0. The van der Waals surface area contributed by atoms with Gasteiger partial charge in [-0.1, -0.05) is 30.3 Å². The highest BCUT2D eigenvalue weighted by Crippen LogP contribution is 2.32. The van der Waals surface area contributed by atoms with Gasteiger partial charge in [0.15, 0.2) is 0 Å². The summed E-state index contributed by atoms with van der Waals surface area (Å²) in [5.41, 5.74) is 1.10. The molecule has 3 rings (SSSR count). The van der Waals surface area contributed by atoms with Crippen LogP contribution >= 0.6 is 0 Å². The maximum Gasteiger partial charge on any atom is 0.318 e. The molecule has 2 aliphatic rings. The van der Waals surface area contributed by atoms with E-state index >= 15 is 0 Å². The molecule has 2 aliphatic heterocycles. The molecule has 0 bridgehead atoms. The van der Waals surface area contributed by atoms with Crippen LogP contribution in [0.5, 0.6) is 0 Å². The molecule has 6 heteroatoms. The zero-order valence-electron chi connectivity index (χ0n) is 14.5. The van der Waals surface area contributed by atoms with E-state index in [0.29, 0.717) is 32.9 Å². The number of carbonyl (C=O) groups excluding carboxylic acids is 1. The fourth-order valence-electron chi connectivity index (χ4n) is 3.37. The molecule has 1 aromatic carbocycles. The number of nitrogens with zero attached hydrogens (tertiary/aromatic N) is 2. The van der Waals surface area contributed by atoms with E-state index in [1.165, 1.54) is 0 Å². The molecular formula is C18H27N3O3. The summed E-state index contributed by atoms with van der Waals surface area (Å²) in [7, 11) is 4.06. The SMILES string of the molecule is CN(C)CCO[C@@H]1CN(C(=O)NCc2ccccc2)[C@H]2COC[C@@H]12. The molecule has 0 aliphatic carbocycles. The third-order valence-corrected chi connectivity index (χ3v) is 4.77. The molecule has 24 heavy (non-hydrogen) atoms. The standard InChI is InChI=1S/C18H27N3O3/c1-20(2)8-9-24-17-11-21(16-13-23-12-15(16)17)18(22)19-10-14-6-4-3-5-7-14/h3-7,15-17H,8-13H2,1-2H3,(H,19,22)/t15-,16+,17-/m1/s1. The number of ether oxygens (including phenoxy) is 2. The van der Waals surface area contributed by atoms with Crippen molar-refractivity contribution in [3.05, 3.63) is 35.9 Å². The average Bonchev–Trinajstić information content (AvgIpc) is 3.17. The lowest BCUT2D eigenvalue weighted by molar-refractivity contribution is 0.0156.